The van der Waals surface area contributed by atoms with Crippen molar-refractivity contribution in [2.45, 2.75) is 0 Å². The molecule has 158 valence electrons. The van der Waals surface area contributed by atoms with Crippen LogP contribution >= 0.6 is 0 Å². The summed E-state index contributed by atoms with van der Waals surface area (Å²) in [5.74, 6) is 0. The molecule has 33 heavy (non-hydrogen) atoms. The van der Waals surface area contributed by atoms with E-state index in [-0.39, 0.29) is 0 Å². The molecule has 0 heterocycles. The van der Waals surface area contributed by atoms with E-state index in [9.17, 15) is 0 Å². The van der Waals surface area contributed by atoms with Crippen molar-refractivity contribution in [2.24, 2.45) is 0 Å². The molecule has 1 heteroatoms. The molecule has 0 fully saturated rings. The molecule has 5 aromatic rings. The number of hydrogen-bond donors (Lipinski definition) is 0. The summed E-state index contributed by atoms with van der Waals surface area (Å²) in [6, 6.07) is 48.7. The molecule has 1 nitrogen and oxygen atoms in total. The fourth-order valence-electron chi connectivity index (χ4n) is 4.04. The highest BCUT2D eigenvalue weighted by molar-refractivity contribution is 5.82. The van der Waals surface area contributed by atoms with Gasteiger partial charge in [-0.25, -0.2) is 0 Å². The van der Waals surface area contributed by atoms with E-state index in [1.165, 1.54) is 22.3 Å². The molecule has 0 bridgehead atoms. The van der Waals surface area contributed by atoms with Crippen LogP contribution in [0.5, 0.6) is 0 Å². The van der Waals surface area contributed by atoms with Gasteiger partial charge < -0.3 is 4.90 Å². The first-order chi connectivity index (χ1) is 16.4. The summed E-state index contributed by atoms with van der Waals surface area (Å²) in [6.07, 6.45) is 4.38. The van der Waals surface area contributed by atoms with Crippen molar-refractivity contribution in [1.29, 1.82) is 0 Å². The molecule has 0 aliphatic carbocycles. The maximum Gasteiger partial charge on any atom is 0.0462 e. The summed E-state index contributed by atoms with van der Waals surface area (Å²) in [7, 11) is 0. The highest BCUT2D eigenvalue weighted by atomic mass is 15.1. The topological polar surface area (TPSA) is 3.24 Å². The van der Waals surface area contributed by atoms with Gasteiger partial charge in [0, 0.05) is 17.1 Å². The monoisotopic (exact) mass is 423 g/mol. The quantitative estimate of drug-likeness (QED) is 0.246. The second-order valence-corrected chi connectivity index (χ2v) is 7.88. The molecular weight excluding hydrogens is 398 g/mol. The molecule has 0 spiro atoms. The average molecular weight is 424 g/mol. The van der Waals surface area contributed by atoms with Crippen molar-refractivity contribution in [1.82, 2.24) is 0 Å². The van der Waals surface area contributed by atoms with Crippen molar-refractivity contribution in [3.8, 4) is 11.1 Å². The molecule has 0 aromatic heterocycles. The lowest BCUT2D eigenvalue weighted by molar-refractivity contribution is 1.28. The van der Waals surface area contributed by atoms with Gasteiger partial charge in [0.1, 0.15) is 0 Å². The molecule has 0 amide bonds. The molecule has 5 rings (SSSR count). The molecule has 0 radical (unpaired) electrons. The zero-order valence-corrected chi connectivity index (χ0v) is 18.4. The van der Waals surface area contributed by atoms with E-state index in [0.717, 1.165) is 17.1 Å². The van der Waals surface area contributed by atoms with Crippen LogP contribution in [0, 0.1) is 0 Å². The molecule has 0 N–H and O–H groups in total. The summed E-state index contributed by atoms with van der Waals surface area (Å²) >= 11 is 0. The first-order valence-corrected chi connectivity index (χ1v) is 11.2. The Morgan fingerprint density at radius 2 is 0.879 bits per heavy atom. The van der Waals surface area contributed by atoms with Crippen molar-refractivity contribution < 1.29 is 0 Å². The summed E-state index contributed by atoms with van der Waals surface area (Å²) in [6.45, 7) is 0. The van der Waals surface area contributed by atoms with Crippen LogP contribution in [0.2, 0.25) is 0 Å². The number of anilines is 3. The number of rotatable bonds is 6. The fourth-order valence-corrected chi connectivity index (χ4v) is 4.04. The second-order valence-electron chi connectivity index (χ2n) is 7.88. The molecule has 0 atom stereocenters. The fraction of sp³-hybridized carbons (Fsp3) is 0. The zero-order valence-electron chi connectivity index (χ0n) is 18.4. The van der Waals surface area contributed by atoms with E-state index in [4.69, 9.17) is 0 Å². The number of hydrogen-bond acceptors (Lipinski definition) is 1. The number of nitrogens with zero attached hydrogens (tertiary/aromatic N) is 1. The van der Waals surface area contributed by atoms with Crippen LogP contribution in [0.4, 0.5) is 17.1 Å². The van der Waals surface area contributed by atoms with Crippen molar-refractivity contribution >= 4 is 29.2 Å². The largest absolute Gasteiger partial charge is 0.311 e. The minimum atomic E-state index is 1.13. The number of benzene rings is 5. The van der Waals surface area contributed by atoms with Crippen molar-refractivity contribution in [3.63, 3.8) is 0 Å². The van der Waals surface area contributed by atoms with Gasteiger partial charge in [-0.2, -0.15) is 0 Å². The molecule has 0 saturated carbocycles. The maximum absolute atomic E-state index is 2.28. The Balaban J connectivity index is 1.44. The Hall–Kier alpha value is -4.36. The maximum atomic E-state index is 2.28. The summed E-state index contributed by atoms with van der Waals surface area (Å²) in [4.78, 5) is 2.28. The zero-order chi connectivity index (χ0) is 22.3. The standard InChI is InChI=1S/C32H25N/c1-4-12-27(13-5-1)32-19-11-10-14-28(32)23-20-26-21-24-31(25-22-26)33(29-15-6-2-7-16-29)30-17-8-3-9-18-30/h1-25H. The Kier molecular flexibility index (Phi) is 6.13. The van der Waals surface area contributed by atoms with Crippen LogP contribution in [0.3, 0.4) is 0 Å². The first kappa shape index (κ1) is 20.5. The van der Waals surface area contributed by atoms with E-state index in [2.05, 4.69) is 144 Å². The van der Waals surface area contributed by atoms with Crippen LogP contribution in [0.1, 0.15) is 11.1 Å². The molecule has 0 aliphatic rings. The van der Waals surface area contributed by atoms with E-state index in [1.807, 2.05) is 12.1 Å². The molecule has 0 aliphatic heterocycles. The Bertz CT molecular complexity index is 1280. The van der Waals surface area contributed by atoms with Gasteiger partial charge in [-0.15, -0.1) is 0 Å². The van der Waals surface area contributed by atoms with E-state index >= 15 is 0 Å². The van der Waals surface area contributed by atoms with Crippen LogP contribution in [-0.4, -0.2) is 0 Å². The first-order valence-electron chi connectivity index (χ1n) is 11.2. The normalized spacial score (nSPS) is 10.9. The molecule has 5 aromatic carbocycles. The van der Waals surface area contributed by atoms with Gasteiger partial charge >= 0.3 is 0 Å². The van der Waals surface area contributed by atoms with Crippen LogP contribution < -0.4 is 4.90 Å². The summed E-state index contributed by atoms with van der Waals surface area (Å²) in [5, 5.41) is 0. The van der Waals surface area contributed by atoms with Gasteiger partial charge in [0.05, 0.1) is 0 Å². The molecular formula is C32H25N. The predicted octanol–water partition coefficient (Wildman–Crippen LogP) is 8.99. The van der Waals surface area contributed by atoms with Crippen LogP contribution in [0.15, 0.2) is 140 Å². The molecule has 0 saturated heterocycles. The van der Waals surface area contributed by atoms with Gasteiger partial charge in [0.2, 0.25) is 0 Å². The SMILES string of the molecule is C(=Cc1ccccc1-c1ccccc1)c1ccc(N(c2ccccc2)c2ccccc2)cc1. The van der Waals surface area contributed by atoms with Crippen LogP contribution in [-0.2, 0) is 0 Å². The van der Waals surface area contributed by atoms with E-state index in [1.54, 1.807) is 0 Å². The highest BCUT2D eigenvalue weighted by Gasteiger charge is 2.11. The highest BCUT2D eigenvalue weighted by Crippen LogP contribution is 2.34. The second kappa shape index (κ2) is 9.84. The van der Waals surface area contributed by atoms with E-state index < -0.39 is 0 Å². The third kappa shape index (κ3) is 4.78. The molecule has 0 unspecified atom stereocenters. The minimum absolute atomic E-state index is 1.13. The third-order valence-electron chi connectivity index (χ3n) is 5.68. The Morgan fingerprint density at radius 3 is 1.48 bits per heavy atom. The lowest BCUT2D eigenvalue weighted by Crippen LogP contribution is -2.09. The van der Waals surface area contributed by atoms with Gasteiger partial charge in [-0.05, 0) is 58.7 Å². The van der Waals surface area contributed by atoms with Crippen molar-refractivity contribution in [3.05, 3.63) is 151 Å². The number of para-hydroxylation sites is 2. The lowest BCUT2D eigenvalue weighted by Gasteiger charge is -2.25. The Morgan fingerprint density at radius 1 is 0.394 bits per heavy atom. The summed E-state index contributed by atoms with van der Waals surface area (Å²) in [5.41, 5.74) is 8.27. The average Bonchev–Trinajstić information content (AvgIpc) is 2.90. The van der Waals surface area contributed by atoms with Gasteiger partial charge in [-0.1, -0.05) is 115 Å². The van der Waals surface area contributed by atoms with Crippen LogP contribution in [0.25, 0.3) is 23.3 Å². The van der Waals surface area contributed by atoms with E-state index in [0.29, 0.717) is 0 Å². The smallest absolute Gasteiger partial charge is 0.0462 e. The van der Waals surface area contributed by atoms with Gasteiger partial charge in [0.15, 0.2) is 0 Å². The van der Waals surface area contributed by atoms with Gasteiger partial charge in [-0.3, -0.25) is 0 Å². The van der Waals surface area contributed by atoms with Gasteiger partial charge in [0.25, 0.3) is 0 Å². The summed E-state index contributed by atoms with van der Waals surface area (Å²) < 4.78 is 0. The van der Waals surface area contributed by atoms with Crippen molar-refractivity contribution in [2.75, 3.05) is 4.90 Å². The minimum Gasteiger partial charge on any atom is -0.311 e. The lowest BCUT2D eigenvalue weighted by atomic mass is 9.99. The third-order valence-corrected chi connectivity index (χ3v) is 5.68. The Labute approximate surface area is 195 Å². The predicted molar refractivity (Wildman–Crippen MR) is 142 cm³/mol.